The summed E-state index contributed by atoms with van der Waals surface area (Å²) in [7, 11) is 0. The van der Waals surface area contributed by atoms with Crippen molar-refractivity contribution in [1.82, 2.24) is 5.32 Å². The second-order valence-electron chi connectivity index (χ2n) is 8.39. The Bertz CT molecular complexity index is 533. The molecule has 0 aliphatic heterocycles. The van der Waals surface area contributed by atoms with E-state index in [0.717, 1.165) is 17.8 Å². The van der Waals surface area contributed by atoms with Crippen LogP contribution < -0.4 is 10.6 Å². The van der Waals surface area contributed by atoms with Gasteiger partial charge in [0.25, 0.3) is 5.91 Å². The molecule has 0 unspecified atom stereocenters. The average Bonchev–Trinajstić information content (AvgIpc) is 2.51. The van der Waals surface area contributed by atoms with Crippen LogP contribution in [0.3, 0.4) is 0 Å². The Morgan fingerprint density at radius 2 is 1.70 bits per heavy atom. The van der Waals surface area contributed by atoms with Gasteiger partial charge in [-0.05, 0) is 63.2 Å². The zero-order chi connectivity index (χ0) is 15.9. The minimum absolute atomic E-state index is 0.148. The third-order valence-electron chi connectivity index (χ3n) is 6.42. The van der Waals surface area contributed by atoms with Crippen molar-refractivity contribution in [2.24, 2.45) is 17.8 Å². The lowest BCUT2D eigenvalue weighted by Crippen LogP contribution is -2.87. The number of nitrogens with two attached hydrogens (primary N) is 1. The molecule has 1 aromatic carbocycles. The Morgan fingerprint density at radius 1 is 1.13 bits per heavy atom. The predicted molar refractivity (Wildman–Crippen MR) is 90.7 cm³/mol. The van der Waals surface area contributed by atoms with Crippen LogP contribution in [0.2, 0.25) is 0 Å². The van der Waals surface area contributed by atoms with E-state index in [1.165, 1.54) is 44.1 Å². The molecule has 124 valence electrons. The quantitative estimate of drug-likeness (QED) is 0.861. The fourth-order valence-electron chi connectivity index (χ4n) is 5.79. The Labute approximate surface area is 139 Å². The summed E-state index contributed by atoms with van der Waals surface area (Å²) >= 11 is 0. The van der Waals surface area contributed by atoms with Crippen LogP contribution in [0.1, 0.15) is 57.1 Å². The van der Waals surface area contributed by atoms with Crippen molar-refractivity contribution in [3.05, 3.63) is 35.9 Å². The van der Waals surface area contributed by atoms with Gasteiger partial charge in [0, 0.05) is 11.1 Å². The second-order valence-corrected chi connectivity index (χ2v) is 8.39. The highest BCUT2D eigenvalue weighted by molar-refractivity contribution is 5.77. The van der Waals surface area contributed by atoms with Crippen molar-refractivity contribution in [3.8, 4) is 0 Å². The van der Waals surface area contributed by atoms with Gasteiger partial charge in [-0.25, -0.2) is 0 Å². The van der Waals surface area contributed by atoms with E-state index in [0.29, 0.717) is 12.6 Å². The van der Waals surface area contributed by atoms with Crippen LogP contribution in [-0.2, 0) is 4.79 Å². The van der Waals surface area contributed by atoms with E-state index in [-0.39, 0.29) is 11.4 Å². The van der Waals surface area contributed by atoms with Gasteiger partial charge in [0.2, 0.25) is 0 Å². The van der Waals surface area contributed by atoms with Crippen LogP contribution in [0.4, 0.5) is 0 Å². The summed E-state index contributed by atoms with van der Waals surface area (Å²) in [6.45, 7) is 2.71. The maximum atomic E-state index is 12.5. The molecule has 4 aliphatic rings. The minimum atomic E-state index is 0.148. The SMILES string of the molecule is C[C@H]([NH2+]CC(=O)NC12CC3CC(CC(C3)C1)C2)c1ccccc1. The molecule has 5 rings (SSSR count). The first kappa shape index (κ1) is 15.2. The van der Waals surface area contributed by atoms with Crippen LogP contribution >= 0.6 is 0 Å². The molecule has 4 aliphatic carbocycles. The van der Waals surface area contributed by atoms with E-state index >= 15 is 0 Å². The normalized spacial score (nSPS) is 36.0. The monoisotopic (exact) mass is 313 g/mol. The Balaban J connectivity index is 1.32. The molecule has 0 spiro atoms. The largest absolute Gasteiger partial charge is 0.346 e. The first-order chi connectivity index (χ1) is 11.1. The summed E-state index contributed by atoms with van der Waals surface area (Å²) in [5.74, 6) is 2.88. The molecule has 1 atom stereocenters. The van der Waals surface area contributed by atoms with E-state index in [1.54, 1.807) is 0 Å². The summed E-state index contributed by atoms with van der Waals surface area (Å²) in [6, 6.07) is 10.8. The highest BCUT2D eigenvalue weighted by Crippen LogP contribution is 2.55. The van der Waals surface area contributed by atoms with E-state index in [2.05, 4.69) is 41.8 Å². The summed E-state index contributed by atoms with van der Waals surface area (Å²) in [6.07, 6.45) is 7.97. The van der Waals surface area contributed by atoms with Crippen molar-refractivity contribution in [2.75, 3.05) is 6.54 Å². The molecule has 0 radical (unpaired) electrons. The van der Waals surface area contributed by atoms with E-state index in [9.17, 15) is 4.79 Å². The van der Waals surface area contributed by atoms with Crippen LogP contribution in [0.5, 0.6) is 0 Å². The average molecular weight is 313 g/mol. The molecular formula is C20H29N2O+. The van der Waals surface area contributed by atoms with Crippen molar-refractivity contribution in [2.45, 2.75) is 57.0 Å². The molecule has 4 saturated carbocycles. The standard InChI is InChI=1S/C20H28N2O/c1-14(18-5-3-2-4-6-18)21-13-19(23)22-20-10-15-7-16(11-20)9-17(8-15)12-20/h2-6,14-17,21H,7-13H2,1H3,(H,22,23)/p+1/t14-,15?,16?,17?,20?/m0/s1. The molecule has 4 fully saturated rings. The van der Waals surface area contributed by atoms with Crippen LogP contribution in [-0.4, -0.2) is 18.0 Å². The zero-order valence-corrected chi connectivity index (χ0v) is 14.1. The van der Waals surface area contributed by atoms with Crippen molar-refractivity contribution in [1.29, 1.82) is 0 Å². The number of carbonyl (C=O) groups excluding carboxylic acids is 1. The van der Waals surface area contributed by atoms with Gasteiger partial charge in [0.1, 0.15) is 6.04 Å². The fourth-order valence-corrected chi connectivity index (χ4v) is 5.79. The minimum Gasteiger partial charge on any atom is -0.346 e. The zero-order valence-electron chi connectivity index (χ0n) is 14.1. The Kier molecular flexibility index (Phi) is 3.92. The van der Waals surface area contributed by atoms with E-state index < -0.39 is 0 Å². The van der Waals surface area contributed by atoms with E-state index in [1.807, 2.05) is 6.07 Å². The third-order valence-corrected chi connectivity index (χ3v) is 6.42. The molecule has 3 heteroatoms. The number of quaternary nitrogens is 1. The summed E-state index contributed by atoms with van der Waals surface area (Å²) in [5.41, 5.74) is 1.44. The Morgan fingerprint density at radius 3 is 2.26 bits per heavy atom. The number of amides is 1. The van der Waals surface area contributed by atoms with Crippen molar-refractivity contribution in [3.63, 3.8) is 0 Å². The lowest BCUT2D eigenvalue weighted by atomic mass is 9.53. The highest BCUT2D eigenvalue weighted by atomic mass is 16.2. The molecule has 0 saturated heterocycles. The fraction of sp³-hybridized carbons (Fsp3) is 0.650. The number of rotatable bonds is 5. The van der Waals surface area contributed by atoms with Crippen molar-refractivity contribution < 1.29 is 10.1 Å². The second kappa shape index (κ2) is 5.94. The molecule has 0 heterocycles. The van der Waals surface area contributed by atoms with Crippen molar-refractivity contribution >= 4 is 5.91 Å². The van der Waals surface area contributed by atoms with Gasteiger partial charge in [-0.15, -0.1) is 0 Å². The maximum absolute atomic E-state index is 12.5. The predicted octanol–water partition coefficient (Wildman–Crippen LogP) is 2.40. The number of nitrogens with one attached hydrogen (secondary N) is 1. The van der Waals surface area contributed by atoms with Crippen LogP contribution in [0.15, 0.2) is 30.3 Å². The first-order valence-electron chi connectivity index (χ1n) is 9.31. The van der Waals surface area contributed by atoms with Gasteiger partial charge in [0.05, 0.1) is 0 Å². The third kappa shape index (κ3) is 3.16. The molecule has 0 aromatic heterocycles. The molecule has 23 heavy (non-hydrogen) atoms. The first-order valence-corrected chi connectivity index (χ1v) is 9.31. The topological polar surface area (TPSA) is 45.7 Å². The molecule has 3 N–H and O–H groups in total. The number of hydrogen-bond donors (Lipinski definition) is 2. The van der Waals surface area contributed by atoms with Gasteiger partial charge in [-0.3, -0.25) is 4.79 Å². The number of hydrogen-bond acceptors (Lipinski definition) is 1. The highest BCUT2D eigenvalue weighted by Gasteiger charge is 2.51. The summed E-state index contributed by atoms with van der Waals surface area (Å²) in [5, 5.41) is 5.62. The summed E-state index contributed by atoms with van der Waals surface area (Å²) in [4.78, 5) is 12.5. The van der Waals surface area contributed by atoms with Gasteiger partial charge >= 0.3 is 0 Å². The van der Waals surface area contributed by atoms with Crippen LogP contribution in [0.25, 0.3) is 0 Å². The van der Waals surface area contributed by atoms with Gasteiger partial charge in [0.15, 0.2) is 6.54 Å². The lowest BCUT2D eigenvalue weighted by molar-refractivity contribution is -0.682. The van der Waals surface area contributed by atoms with Gasteiger partial charge < -0.3 is 10.6 Å². The lowest BCUT2D eigenvalue weighted by Gasteiger charge is -2.56. The van der Waals surface area contributed by atoms with E-state index in [4.69, 9.17) is 0 Å². The smallest absolute Gasteiger partial charge is 0.275 e. The van der Waals surface area contributed by atoms with Gasteiger partial charge in [-0.1, -0.05) is 30.3 Å². The molecule has 1 aromatic rings. The Hall–Kier alpha value is -1.35. The number of benzene rings is 1. The molecular weight excluding hydrogens is 284 g/mol. The number of carbonyl (C=O) groups is 1. The van der Waals surface area contributed by atoms with Crippen LogP contribution in [0, 0.1) is 17.8 Å². The summed E-state index contributed by atoms with van der Waals surface area (Å²) < 4.78 is 0. The van der Waals surface area contributed by atoms with Gasteiger partial charge in [-0.2, -0.15) is 0 Å². The molecule has 4 bridgehead atoms. The maximum Gasteiger partial charge on any atom is 0.275 e. The molecule has 1 amide bonds. The molecule has 3 nitrogen and oxygen atoms in total.